The summed E-state index contributed by atoms with van der Waals surface area (Å²) in [5.41, 5.74) is 10.8. The fourth-order valence-electron chi connectivity index (χ4n) is 10.1. The SMILES string of the molecule is CC(=O)c1cccc(C(=O)NCCCCCNC(=O)CCCCC[n+]2c3cc(N(C)C)ccc3cc3ccc(N(C)C)cc32)c1.CNCCCCCNC(=O)CCCCC[n+]1c2cc(N(C)C)ccc2cc2ccc(N(C)C)cc21. The molecule has 0 radical (unpaired) electrons. The van der Waals surface area contributed by atoms with E-state index in [0.717, 1.165) is 96.8 Å². The zero-order valence-corrected chi connectivity index (χ0v) is 49.9. The second-order valence-electron chi connectivity index (χ2n) is 22.1. The van der Waals surface area contributed by atoms with Gasteiger partial charge in [-0.1, -0.05) is 18.6 Å². The number of aromatic nitrogens is 2. The summed E-state index contributed by atoms with van der Waals surface area (Å²) in [5.74, 6) is 0.0596. The van der Waals surface area contributed by atoms with Crippen LogP contribution in [0.4, 0.5) is 22.7 Å². The molecule has 2 aromatic heterocycles. The lowest BCUT2D eigenvalue weighted by molar-refractivity contribution is -0.646. The maximum Gasteiger partial charge on any atom is 0.251 e. The number of nitrogens with zero attached hydrogens (tertiary/aromatic N) is 6. The van der Waals surface area contributed by atoms with Crippen molar-refractivity contribution in [3.63, 3.8) is 0 Å². The number of anilines is 4. The van der Waals surface area contributed by atoms with Gasteiger partial charge in [0.15, 0.2) is 5.78 Å². The number of Topliss-reactive ketones (excluding diaryl/α,β-unsaturated/α-hetero) is 1. The normalized spacial score (nSPS) is 11.1. The van der Waals surface area contributed by atoms with Crippen molar-refractivity contribution in [1.82, 2.24) is 21.3 Å². The van der Waals surface area contributed by atoms with E-state index in [1.165, 1.54) is 79.7 Å². The van der Waals surface area contributed by atoms with Crippen molar-refractivity contribution in [2.24, 2.45) is 0 Å². The quantitative estimate of drug-likeness (QED) is 0.0150. The second-order valence-corrected chi connectivity index (χ2v) is 22.1. The predicted molar refractivity (Wildman–Crippen MR) is 334 cm³/mol. The van der Waals surface area contributed by atoms with Crippen LogP contribution in [0.25, 0.3) is 43.6 Å². The summed E-state index contributed by atoms with van der Waals surface area (Å²) < 4.78 is 4.91. The molecule has 5 aromatic carbocycles. The molecule has 7 rings (SSSR count). The molecular formula is C66H92N10O4+2. The highest BCUT2D eigenvalue weighted by Gasteiger charge is 2.20. The van der Waals surface area contributed by atoms with Crippen LogP contribution < -0.4 is 50.0 Å². The molecule has 3 amide bonds. The standard InChI is InChI=1S/C37H47N5O3.C29H43N5O/c1-27(43)28-13-12-14-31(23-28)37(45)39-21-10-7-9-20-38-36(44)15-8-6-11-22-42-34-25-32(40(2)3)18-16-29(34)24-30-17-19-33(41(4)5)26-35(30)42;1-30-17-9-7-10-18-31-29(35)12-8-6-11-19-34-27-21-25(32(2)3)15-13-23(27)20-24-14-16-26(33(4)5)22-28(24)34/h12-14,16-19,23-26H,6-11,15,20-22H2,1-5H3,(H-,38,39,44,45);13-16,20-22,30H,6-12,17-19H2,1-5H3/p+2. The zero-order chi connectivity index (χ0) is 57.6. The number of aryl methyl sites for hydroxylation is 2. The molecule has 0 atom stereocenters. The number of carbonyl (C=O) groups excluding carboxylic acids is 4. The Morgan fingerprint density at radius 2 is 0.738 bits per heavy atom. The number of pyridine rings is 2. The van der Waals surface area contributed by atoms with Crippen molar-refractivity contribution in [3.05, 3.63) is 120 Å². The molecule has 0 aliphatic heterocycles. The molecule has 14 nitrogen and oxygen atoms in total. The molecular weight excluding hydrogens is 997 g/mol. The molecule has 0 aliphatic carbocycles. The molecule has 0 saturated heterocycles. The molecule has 0 fully saturated rings. The third-order valence-electron chi connectivity index (χ3n) is 14.9. The van der Waals surface area contributed by atoms with E-state index in [4.69, 9.17) is 0 Å². The van der Waals surface area contributed by atoms with Gasteiger partial charge in [-0.2, -0.15) is 9.13 Å². The van der Waals surface area contributed by atoms with Crippen LogP contribution in [-0.4, -0.2) is 113 Å². The number of hydrogen-bond acceptors (Lipinski definition) is 9. The molecule has 428 valence electrons. The number of nitrogens with one attached hydrogen (secondary N) is 4. The highest BCUT2D eigenvalue weighted by atomic mass is 16.2. The molecule has 0 saturated carbocycles. The second kappa shape index (κ2) is 31.5. The van der Waals surface area contributed by atoms with Gasteiger partial charge in [0, 0.05) is 181 Å². The lowest BCUT2D eigenvalue weighted by atomic mass is 10.1. The first kappa shape index (κ1) is 61.9. The summed E-state index contributed by atoms with van der Waals surface area (Å²) in [6.45, 7) is 6.37. The highest BCUT2D eigenvalue weighted by molar-refractivity contribution is 5.99. The van der Waals surface area contributed by atoms with Crippen LogP contribution in [0, 0.1) is 0 Å². The average Bonchev–Trinajstić information content (AvgIpc) is 3.51. The van der Waals surface area contributed by atoms with E-state index in [1.54, 1.807) is 24.3 Å². The fraction of sp³-hybridized carbons (Fsp3) is 0.455. The number of rotatable bonds is 30. The molecule has 2 heterocycles. The monoisotopic (exact) mass is 1090 g/mol. The van der Waals surface area contributed by atoms with E-state index in [2.05, 4.69) is 191 Å². The van der Waals surface area contributed by atoms with Gasteiger partial charge in [0.2, 0.25) is 33.9 Å². The summed E-state index contributed by atoms with van der Waals surface area (Å²) >= 11 is 0. The Bertz CT molecular complexity index is 3040. The van der Waals surface area contributed by atoms with E-state index in [1.807, 2.05) is 7.05 Å². The van der Waals surface area contributed by atoms with Gasteiger partial charge in [0.05, 0.1) is 0 Å². The van der Waals surface area contributed by atoms with E-state index in [-0.39, 0.29) is 23.5 Å². The Kier molecular flexibility index (Phi) is 24.3. The number of unbranched alkanes of at least 4 members (excludes halogenated alkanes) is 8. The third-order valence-corrected chi connectivity index (χ3v) is 14.9. The number of hydrogen-bond donors (Lipinski definition) is 4. The minimum absolute atomic E-state index is 0.0574. The number of ketones is 1. The number of benzene rings is 5. The van der Waals surface area contributed by atoms with Crippen LogP contribution in [0.1, 0.15) is 118 Å². The average molecular weight is 1090 g/mol. The summed E-state index contributed by atoms with van der Waals surface area (Å²) in [6, 6.07) is 38.0. The minimum Gasteiger partial charge on any atom is -0.377 e. The summed E-state index contributed by atoms with van der Waals surface area (Å²) in [5, 5.41) is 17.2. The molecule has 0 unspecified atom stereocenters. The van der Waals surface area contributed by atoms with Crippen LogP contribution in [0.15, 0.2) is 109 Å². The first-order valence-corrected chi connectivity index (χ1v) is 29.1. The maximum absolute atomic E-state index is 12.4. The van der Waals surface area contributed by atoms with Crippen LogP contribution >= 0.6 is 0 Å². The van der Waals surface area contributed by atoms with Gasteiger partial charge in [0.1, 0.15) is 13.1 Å². The number of amides is 3. The van der Waals surface area contributed by atoms with Crippen LogP contribution in [-0.2, 0) is 22.7 Å². The Balaban J connectivity index is 0.000000266. The van der Waals surface area contributed by atoms with Crippen molar-refractivity contribution >= 4 is 89.9 Å². The minimum atomic E-state index is -0.171. The Hall–Kier alpha value is -7.32. The van der Waals surface area contributed by atoms with Gasteiger partial charge < -0.3 is 40.9 Å². The van der Waals surface area contributed by atoms with Gasteiger partial charge in [0.25, 0.3) is 5.91 Å². The Morgan fingerprint density at radius 3 is 1.10 bits per heavy atom. The molecule has 14 heteroatoms. The largest absolute Gasteiger partial charge is 0.377 e. The third kappa shape index (κ3) is 18.4. The topological polar surface area (TPSA) is 137 Å². The van der Waals surface area contributed by atoms with Gasteiger partial charge in [-0.05, 0) is 151 Å². The molecule has 4 N–H and O–H groups in total. The zero-order valence-electron chi connectivity index (χ0n) is 49.9. The summed E-state index contributed by atoms with van der Waals surface area (Å²) in [6.07, 6.45) is 13.0. The molecule has 0 spiro atoms. The van der Waals surface area contributed by atoms with E-state index < -0.39 is 0 Å². The molecule has 0 aliphatic rings. The van der Waals surface area contributed by atoms with Gasteiger partial charge in [-0.15, -0.1) is 0 Å². The lowest BCUT2D eigenvalue weighted by Gasteiger charge is -2.15. The molecule has 80 heavy (non-hydrogen) atoms. The van der Waals surface area contributed by atoms with E-state index >= 15 is 0 Å². The first-order chi connectivity index (χ1) is 38.5. The Labute approximate surface area is 476 Å². The smallest absolute Gasteiger partial charge is 0.251 e. The Morgan fingerprint density at radius 1 is 0.388 bits per heavy atom. The summed E-state index contributed by atoms with van der Waals surface area (Å²) in [4.78, 5) is 57.1. The highest BCUT2D eigenvalue weighted by Crippen LogP contribution is 2.28. The van der Waals surface area contributed by atoms with Crippen molar-refractivity contribution in [1.29, 1.82) is 0 Å². The van der Waals surface area contributed by atoms with E-state index in [0.29, 0.717) is 37.1 Å². The van der Waals surface area contributed by atoms with Gasteiger partial charge >= 0.3 is 0 Å². The van der Waals surface area contributed by atoms with Gasteiger partial charge in [-0.25, -0.2) is 0 Å². The molecule has 0 bridgehead atoms. The van der Waals surface area contributed by atoms with E-state index in [9.17, 15) is 19.2 Å². The predicted octanol–water partition coefficient (Wildman–Crippen LogP) is 10.4. The molecule has 7 aromatic rings. The number of fused-ring (bicyclic) bond motifs is 4. The maximum atomic E-state index is 12.4. The number of carbonyl (C=O) groups is 4. The fourth-order valence-corrected chi connectivity index (χ4v) is 10.1. The van der Waals surface area contributed by atoms with Crippen LogP contribution in [0.2, 0.25) is 0 Å². The van der Waals surface area contributed by atoms with Crippen LogP contribution in [0.5, 0.6) is 0 Å². The van der Waals surface area contributed by atoms with Crippen molar-refractivity contribution in [2.45, 2.75) is 110 Å². The lowest BCUT2D eigenvalue weighted by Crippen LogP contribution is -2.36. The van der Waals surface area contributed by atoms with Crippen molar-refractivity contribution in [3.8, 4) is 0 Å². The van der Waals surface area contributed by atoms with Gasteiger partial charge in [-0.3, -0.25) is 19.2 Å². The van der Waals surface area contributed by atoms with Crippen molar-refractivity contribution < 1.29 is 28.3 Å². The first-order valence-electron chi connectivity index (χ1n) is 29.1. The summed E-state index contributed by atoms with van der Waals surface area (Å²) in [7, 11) is 18.6. The van der Waals surface area contributed by atoms with Crippen molar-refractivity contribution in [2.75, 3.05) is 109 Å². The van der Waals surface area contributed by atoms with Crippen LogP contribution in [0.3, 0.4) is 0 Å².